The molecule has 1 heterocycles. The smallest absolute Gasteiger partial charge is 0.409 e. The Balaban J connectivity index is 2.44. The van der Waals surface area contributed by atoms with E-state index in [-0.39, 0.29) is 0 Å². The van der Waals surface area contributed by atoms with Gasteiger partial charge >= 0.3 is 6.09 Å². The standard InChI is InChI=1S/C11H23N3O2/c1-10(2,3)16-9(15)13-11(12)5-7-14(4)8-6-11/h5-8,12H2,1-4H3,(H,13,15). The Hall–Kier alpha value is -0.810. The zero-order valence-electron chi connectivity index (χ0n) is 10.7. The number of rotatable bonds is 1. The maximum absolute atomic E-state index is 11.6. The Morgan fingerprint density at radius 1 is 1.38 bits per heavy atom. The first-order valence-corrected chi connectivity index (χ1v) is 5.69. The number of alkyl carbamates (subject to hydrolysis) is 1. The first-order valence-electron chi connectivity index (χ1n) is 5.69. The predicted molar refractivity (Wildman–Crippen MR) is 63.0 cm³/mol. The van der Waals surface area contributed by atoms with Crippen LogP contribution in [0.1, 0.15) is 33.6 Å². The van der Waals surface area contributed by atoms with Gasteiger partial charge in [0.05, 0.1) is 5.66 Å². The van der Waals surface area contributed by atoms with Gasteiger partial charge in [0.15, 0.2) is 0 Å². The van der Waals surface area contributed by atoms with E-state index in [2.05, 4.69) is 10.2 Å². The second-order valence-corrected chi connectivity index (χ2v) is 5.59. The van der Waals surface area contributed by atoms with Crippen LogP contribution in [0.25, 0.3) is 0 Å². The van der Waals surface area contributed by atoms with Crippen LogP contribution in [0, 0.1) is 0 Å². The summed E-state index contributed by atoms with van der Waals surface area (Å²) in [5.41, 5.74) is 5.01. The SMILES string of the molecule is CN1CCC(N)(NC(=O)OC(C)(C)C)CC1. The highest BCUT2D eigenvalue weighted by molar-refractivity contribution is 5.68. The largest absolute Gasteiger partial charge is 0.444 e. The molecule has 0 aromatic heterocycles. The normalized spacial score (nSPS) is 21.6. The zero-order chi connectivity index (χ0) is 12.4. The number of ether oxygens (including phenoxy) is 1. The van der Waals surface area contributed by atoms with E-state index in [0.717, 1.165) is 25.9 Å². The number of nitrogens with two attached hydrogens (primary N) is 1. The van der Waals surface area contributed by atoms with Crippen LogP contribution in [0.15, 0.2) is 0 Å². The van der Waals surface area contributed by atoms with Gasteiger partial charge in [0.25, 0.3) is 0 Å². The van der Waals surface area contributed by atoms with Crippen molar-refractivity contribution in [2.24, 2.45) is 5.73 Å². The van der Waals surface area contributed by atoms with Gasteiger partial charge in [-0.25, -0.2) is 4.79 Å². The summed E-state index contributed by atoms with van der Waals surface area (Å²) in [4.78, 5) is 13.8. The number of hydrogen-bond donors (Lipinski definition) is 2. The molecule has 16 heavy (non-hydrogen) atoms. The van der Waals surface area contributed by atoms with Crippen molar-refractivity contribution < 1.29 is 9.53 Å². The first-order chi connectivity index (χ1) is 7.20. The molecule has 0 aromatic carbocycles. The topological polar surface area (TPSA) is 67.6 Å². The van der Waals surface area contributed by atoms with Crippen molar-refractivity contribution in [1.82, 2.24) is 10.2 Å². The Morgan fingerprint density at radius 2 is 1.88 bits per heavy atom. The van der Waals surface area contributed by atoms with Gasteiger partial charge in [-0.1, -0.05) is 0 Å². The molecule has 0 radical (unpaired) electrons. The number of likely N-dealkylation sites (tertiary alicyclic amines) is 1. The molecular formula is C11H23N3O2. The molecule has 0 aromatic rings. The van der Waals surface area contributed by atoms with E-state index in [1.807, 2.05) is 27.8 Å². The summed E-state index contributed by atoms with van der Waals surface area (Å²) in [6, 6.07) is 0. The molecule has 0 bridgehead atoms. The molecule has 1 aliphatic rings. The number of carbonyl (C=O) groups is 1. The van der Waals surface area contributed by atoms with Gasteiger partial charge in [-0.2, -0.15) is 0 Å². The van der Waals surface area contributed by atoms with Crippen LogP contribution in [0.5, 0.6) is 0 Å². The van der Waals surface area contributed by atoms with Crippen molar-refractivity contribution in [1.29, 1.82) is 0 Å². The van der Waals surface area contributed by atoms with Crippen molar-refractivity contribution in [3.05, 3.63) is 0 Å². The van der Waals surface area contributed by atoms with Crippen molar-refractivity contribution in [2.75, 3.05) is 20.1 Å². The molecule has 0 aliphatic carbocycles. The highest BCUT2D eigenvalue weighted by Crippen LogP contribution is 2.16. The second kappa shape index (κ2) is 4.59. The van der Waals surface area contributed by atoms with Crippen LogP contribution in [-0.2, 0) is 4.74 Å². The molecule has 1 saturated heterocycles. The summed E-state index contributed by atoms with van der Waals surface area (Å²) < 4.78 is 5.19. The third-order valence-electron chi connectivity index (χ3n) is 2.63. The predicted octanol–water partition coefficient (Wildman–Crippen LogP) is 0.892. The third kappa shape index (κ3) is 4.37. The summed E-state index contributed by atoms with van der Waals surface area (Å²) in [6.45, 7) is 7.30. The van der Waals surface area contributed by atoms with Crippen LogP contribution in [0.4, 0.5) is 4.79 Å². The van der Waals surface area contributed by atoms with Gasteiger partial charge in [-0.3, -0.25) is 0 Å². The average Bonchev–Trinajstić information content (AvgIpc) is 2.07. The Kier molecular flexibility index (Phi) is 3.80. The number of hydrogen-bond acceptors (Lipinski definition) is 4. The van der Waals surface area contributed by atoms with Crippen molar-refractivity contribution >= 4 is 6.09 Å². The van der Waals surface area contributed by atoms with E-state index in [0.29, 0.717) is 0 Å². The van der Waals surface area contributed by atoms with Gasteiger partial charge in [0.1, 0.15) is 5.60 Å². The minimum Gasteiger partial charge on any atom is -0.444 e. The molecule has 0 spiro atoms. The maximum atomic E-state index is 11.6. The minimum absolute atomic E-state index is 0.431. The lowest BCUT2D eigenvalue weighted by atomic mass is 9.98. The quantitative estimate of drug-likeness (QED) is 0.655. The third-order valence-corrected chi connectivity index (χ3v) is 2.63. The van der Waals surface area contributed by atoms with Crippen molar-refractivity contribution in [3.8, 4) is 0 Å². The van der Waals surface area contributed by atoms with Crippen molar-refractivity contribution in [2.45, 2.75) is 44.9 Å². The van der Waals surface area contributed by atoms with Gasteiger partial charge in [-0.15, -0.1) is 0 Å². The lowest BCUT2D eigenvalue weighted by Gasteiger charge is -2.38. The number of amides is 1. The first kappa shape index (κ1) is 13.3. The minimum atomic E-state index is -0.616. The van der Waals surface area contributed by atoms with Crippen LogP contribution >= 0.6 is 0 Å². The molecule has 5 heteroatoms. The molecule has 0 saturated carbocycles. The molecule has 1 rings (SSSR count). The summed E-state index contributed by atoms with van der Waals surface area (Å²) >= 11 is 0. The fourth-order valence-corrected chi connectivity index (χ4v) is 1.65. The molecule has 1 fully saturated rings. The Morgan fingerprint density at radius 3 is 2.31 bits per heavy atom. The van der Waals surface area contributed by atoms with Crippen LogP contribution in [0.2, 0.25) is 0 Å². The van der Waals surface area contributed by atoms with E-state index in [4.69, 9.17) is 10.5 Å². The van der Waals surface area contributed by atoms with Crippen LogP contribution in [0.3, 0.4) is 0 Å². The van der Waals surface area contributed by atoms with E-state index in [1.54, 1.807) is 0 Å². The molecule has 1 aliphatic heterocycles. The lowest BCUT2D eigenvalue weighted by molar-refractivity contribution is 0.0403. The van der Waals surface area contributed by atoms with Gasteiger partial charge in [0, 0.05) is 13.1 Å². The highest BCUT2D eigenvalue weighted by atomic mass is 16.6. The fourth-order valence-electron chi connectivity index (χ4n) is 1.65. The van der Waals surface area contributed by atoms with Gasteiger partial charge in [0.2, 0.25) is 0 Å². The molecule has 3 N–H and O–H groups in total. The van der Waals surface area contributed by atoms with E-state index in [9.17, 15) is 4.79 Å². The Labute approximate surface area is 97.3 Å². The zero-order valence-corrected chi connectivity index (χ0v) is 10.7. The number of carbonyl (C=O) groups excluding carboxylic acids is 1. The van der Waals surface area contributed by atoms with Gasteiger partial charge in [-0.05, 0) is 40.7 Å². The summed E-state index contributed by atoms with van der Waals surface area (Å²) in [6.07, 6.45) is 1.07. The molecule has 5 nitrogen and oxygen atoms in total. The number of piperidine rings is 1. The molecular weight excluding hydrogens is 206 g/mol. The summed E-state index contributed by atoms with van der Waals surface area (Å²) in [5.74, 6) is 0. The van der Waals surface area contributed by atoms with E-state index < -0.39 is 17.4 Å². The maximum Gasteiger partial charge on any atom is 0.409 e. The average molecular weight is 229 g/mol. The molecule has 1 amide bonds. The summed E-state index contributed by atoms with van der Waals surface area (Å²) in [7, 11) is 2.05. The highest BCUT2D eigenvalue weighted by Gasteiger charge is 2.32. The number of nitrogens with one attached hydrogen (secondary N) is 1. The lowest BCUT2D eigenvalue weighted by Crippen LogP contribution is -2.61. The van der Waals surface area contributed by atoms with E-state index in [1.165, 1.54) is 0 Å². The fraction of sp³-hybridized carbons (Fsp3) is 0.909. The monoisotopic (exact) mass is 229 g/mol. The van der Waals surface area contributed by atoms with Crippen molar-refractivity contribution in [3.63, 3.8) is 0 Å². The molecule has 0 atom stereocenters. The van der Waals surface area contributed by atoms with Gasteiger partial charge < -0.3 is 20.7 Å². The van der Waals surface area contributed by atoms with E-state index >= 15 is 0 Å². The molecule has 0 unspecified atom stereocenters. The van der Waals surface area contributed by atoms with Crippen LogP contribution in [-0.4, -0.2) is 42.4 Å². The van der Waals surface area contributed by atoms with Crippen LogP contribution < -0.4 is 11.1 Å². The molecule has 94 valence electrons. The second-order valence-electron chi connectivity index (χ2n) is 5.59. The summed E-state index contributed by atoms with van der Waals surface area (Å²) in [5, 5.41) is 2.76. The number of nitrogens with zero attached hydrogens (tertiary/aromatic N) is 1. The Bertz CT molecular complexity index is 252.